The molecule has 1 amide bonds. The first-order valence-corrected chi connectivity index (χ1v) is 10.3. The van der Waals surface area contributed by atoms with Crippen LogP contribution in [0.4, 0.5) is 5.69 Å². The van der Waals surface area contributed by atoms with E-state index in [1.54, 1.807) is 30.3 Å². The largest absolute Gasteiger partial charge is 0.456 e. The van der Waals surface area contributed by atoms with Gasteiger partial charge in [-0.1, -0.05) is 29.8 Å². The number of sulfonamides is 1. The van der Waals surface area contributed by atoms with Crippen LogP contribution in [0.1, 0.15) is 12.0 Å². The molecular weight excluding hydrogens is 418 g/mol. The Morgan fingerprint density at radius 2 is 1.86 bits per heavy atom. The second-order valence-electron chi connectivity index (χ2n) is 5.85. The van der Waals surface area contributed by atoms with E-state index in [0.717, 1.165) is 5.56 Å². The van der Waals surface area contributed by atoms with Crippen molar-refractivity contribution in [3.05, 3.63) is 59.1 Å². The van der Waals surface area contributed by atoms with Gasteiger partial charge in [0.05, 0.1) is 23.8 Å². The molecule has 0 aliphatic carbocycles. The zero-order valence-electron chi connectivity index (χ0n) is 15.2. The molecule has 0 aromatic heterocycles. The van der Waals surface area contributed by atoms with Crippen molar-refractivity contribution in [2.45, 2.75) is 17.7 Å². The fourth-order valence-corrected chi connectivity index (χ4v) is 3.55. The summed E-state index contributed by atoms with van der Waals surface area (Å²) in [5.41, 5.74) is 1.32. The summed E-state index contributed by atoms with van der Waals surface area (Å²) in [6, 6.07) is 14.4. The number of hydrogen-bond donors (Lipinski definition) is 2. The maximum Gasteiger partial charge on any atom is 0.307 e. The molecule has 0 fully saturated rings. The van der Waals surface area contributed by atoms with Crippen molar-refractivity contribution >= 4 is 39.2 Å². The number of halogens is 1. The summed E-state index contributed by atoms with van der Waals surface area (Å²) in [6.07, 6.45) is 0.0306. The highest BCUT2D eigenvalue weighted by Gasteiger charge is 2.15. The van der Waals surface area contributed by atoms with Crippen LogP contribution < -0.4 is 10.0 Å². The molecule has 2 N–H and O–H groups in total. The molecule has 2 aromatic rings. The predicted octanol–water partition coefficient (Wildman–Crippen LogP) is 2.26. The summed E-state index contributed by atoms with van der Waals surface area (Å²) in [7, 11) is -3.80. The minimum absolute atomic E-state index is 0.0152. The monoisotopic (exact) mass is 435 g/mol. The van der Waals surface area contributed by atoms with Gasteiger partial charge >= 0.3 is 5.97 Å². The molecule has 0 saturated heterocycles. The Balaban J connectivity index is 1.72. The third-order valence-corrected chi connectivity index (χ3v) is 5.31. The Kier molecular flexibility index (Phi) is 8.15. The number of carbonyl (C=O) groups excluding carboxylic acids is 2. The Bertz CT molecular complexity index is 1020. The van der Waals surface area contributed by atoms with E-state index in [2.05, 4.69) is 10.0 Å². The zero-order valence-corrected chi connectivity index (χ0v) is 16.8. The molecule has 0 spiro atoms. The van der Waals surface area contributed by atoms with Crippen LogP contribution in [0.2, 0.25) is 5.02 Å². The van der Waals surface area contributed by atoms with E-state index >= 15 is 0 Å². The summed E-state index contributed by atoms with van der Waals surface area (Å²) in [6.45, 7) is -0.685. The molecule has 2 aromatic carbocycles. The van der Waals surface area contributed by atoms with Gasteiger partial charge in [0.25, 0.3) is 5.91 Å². The quantitative estimate of drug-likeness (QED) is 0.582. The number of hydrogen-bond acceptors (Lipinski definition) is 6. The molecular formula is C19H18ClN3O5S. The molecule has 0 atom stereocenters. The van der Waals surface area contributed by atoms with Gasteiger partial charge in [0, 0.05) is 17.3 Å². The van der Waals surface area contributed by atoms with E-state index < -0.39 is 28.5 Å². The lowest BCUT2D eigenvalue weighted by molar-refractivity contribution is -0.147. The Morgan fingerprint density at radius 3 is 2.52 bits per heavy atom. The first-order chi connectivity index (χ1) is 13.8. The highest BCUT2D eigenvalue weighted by atomic mass is 35.5. The molecule has 0 aliphatic rings. The van der Waals surface area contributed by atoms with Crippen LogP contribution in [-0.4, -0.2) is 33.4 Å². The Labute approximate surface area is 173 Å². The molecule has 0 saturated carbocycles. The van der Waals surface area contributed by atoms with Crippen molar-refractivity contribution in [3.63, 3.8) is 0 Å². The predicted molar refractivity (Wildman–Crippen MR) is 107 cm³/mol. The van der Waals surface area contributed by atoms with Crippen molar-refractivity contribution in [1.82, 2.24) is 4.72 Å². The molecule has 0 radical (unpaired) electrons. The van der Waals surface area contributed by atoms with E-state index in [-0.39, 0.29) is 29.3 Å². The molecule has 0 heterocycles. The molecule has 152 valence electrons. The van der Waals surface area contributed by atoms with Crippen LogP contribution in [0.3, 0.4) is 0 Å². The number of carbonyl (C=O) groups is 2. The second kappa shape index (κ2) is 10.6. The minimum Gasteiger partial charge on any atom is -0.456 e. The number of anilines is 1. The van der Waals surface area contributed by atoms with E-state index in [1.165, 1.54) is 18.2 Å². The lowest BCUT2D eigenvalue weighted by Gasteiger charge is -2.08. The number of nitriles is 1. The molecule has 2 rings (SSSR count). The minimum atomic E-state index is -3.80. The number of ether oxygens (including phenoxy) is 1. The van der Waals surface area contributed by atoms with Crippen molar-refractivity contribution < 1.29 is 22.7 Å². The normalized spacial score (nSPS) is 10.8. The van der Waals surface area contributed by atoms with Crippen molar-refractivity contribution in [2.24, 2.45) is 0 Å². The topological polar surface area (TPSA) is 125 Å². The van der Waals surface area contributed by atoms with Crippen LogP contribution in [0, 0.1) is 11.3 Å². The van der Waals surface area contributed by atoms with E-state index in [0.29, 0.717) is 5.69 Å². The van der Waals surface area contributed by atoms with Crippen LogP contribution in [0.5, 0.6) is 0 Å². The van der Waals surface area contributed by atoms with Crippen molar-refractivity contribution in [2.75, 3.05) is 18.5 Å². The van der Waals surface area contributed by atoms with Crippen LogP contribution in [-0.2, 0) is 30.8 Å². The van der Waals surface area contributed by atoms with Crippen LogP contribution >= 0.6 is 11.6 Å². The summed E-state index contributed by atoms with van der Waals surface area (Å²) in [5, 5.41) is 11.4. The molecule has 8 nitrogen and oxygen atoms in total. The number of nitrogens with zero attached hydrogens (tertiary/aromatic N) is 1. The molecule has 0 unspecified atom stereocenters. The fraction of sp³-hybridized carbons (Fsp3) is 0.211. The third-order valence-electron chi connectivity index (χ3n) is 3.61. The van der Waals surface area contributed by atoms with Gasteiger partial charge in [0.1, 0.15) is 0 Å². The van der Waals surface area contributed by atoms with Gasteiger partial charge in [-0.15, -0.1) is 0 Å². The van der Waals surface area contributed by atoms with Gasteiger partial charge in [0.15, 0.2) is 6.61 Å². The SMILES string of the molecule is N#CCc1ccc(NC(=O)COC(=O)CCNS(=O)(=O)c2cccc(Cl)c2)cc1. The first kappa shape index (κ1) is 22.4. The lowest BCUT2D eigenvalue weighted by atomic mass is 10.1. The van der Waals surface area contributed by atoms with Gasteiger partial charge in [0.2, 0.25) is 10.0 Å². The maximum atomic E-state index is 12.1. The van der Waals surface area contributed by atoms with Gasteiger partial charge in [-0.3, -0.25) is 9.59 Å². The second-order valence-corrected chi connectivity index (χ2v) is 8.05. The van der Waals surface area contributed by atoms with E-state index in [1.807, 2.05) is 6.07 Å². The number of amides is 1. The van der Waals surface area contributed by atoms with E-state index in [4.69, 9.17) is 21.6 Å². The molecule has 0 aliphatic heterocycles. The van der Waals surface area contributed by atoms with Gasteiger partial charge < -0.3 is 10.1 Å². The number of benzene rings is 2. The first-order valence-electron chi connectivity index (χ1n) is 8.47. The summed E-state index contributed by atoms with van der Waals surface area (Å²) in [5.74, 6) is -1.26. The van der Waals surface area contributed by atoms with Gasteiger partial charge in [-0.25, -0.2) is 13.1 Å². The summed E-state index contributed by atoms with van der Waals surface area (Å²) < 4.78 is 31.3. The lowest BCUT2D eigenvalue weighted by Crippen LogP contribution is -2.28. The number of rotatable bonds is 9. The van der Waals surface area contributed by atoms with Gasteiger partial charge in [-0.05, 0) is 35.9 Å². The van der Waals surface area contributed by atoms with Gasteiger partial charge in [-0.2, -0.15) is 5.26 Å². The molecule has 0 bridgehead atoms. The number of esters is 1. The maximum absolute atomic E-state index is 12.1. The average molecular weight is 436 g/mol. The molecule has 10 heteroatoms. The highest BCUT2D eigenvalue weighted by Crippen LogP contribution is 2.15. The Hall–Kier alpha value is -2.93. The highest BCUT2D eigenvalue weighted by molar-refractivity contribution is 7.89. The van der Waals surface area contributed by atoms with Crippen LogP contribution in [0.25, 0.3) is 0 Å². The number of nitrogens with one attached hydrogen (secondary N) is 2. The summed E-state index contributed by atoms with van der Waals surface area (Å²) >= 11 is 5.77. The van der Waals surface area contributed by atoms with E-state index in [9.17, 15) is 18.0 Å². The van der Waals surface area contributed by atoms with Crippen LogP contribution in [0.15, 0.2) is 53.4 Å². The smallest absolute Gasteiger partial charge is 0.307 e. The third kappa shape index (κ3) is 7.54. The fourth-order valence-electron chi connectivity index (χ4n) is 2.22. The average Bonchev–Trinajstić information content (AvgIpc) is 2.68. The Morgan fingerprint density at radius 1 is 1.14 bits per heavy atom. The summed E-state index contributed by atoms with van der Waals surface area (Å²) in [4.78, 5) is 23.5. The van der Waals surface area contributed by atoms with Crippen molar-refractivity contribution in [3.8, 4) is 6.07 Å². The standard InChI is InChI=1S/C19H18ClN3O5S/c20-15-2-1-3-17(12-15)29(26,27)22-11-9-19(25)28-13-18(24)23-16-6-4-14(5-7-16)8-10-21/h1-7,12,22H,8-9,11,13H2,(H,23,24). The zero-order chi connectivity index (χ0) is 21.3. The molecule has 29 heavy (non-hydrogen) atoms. The van der Waals surface area contributed by atoms with Crippen molar-refractivity contribution in [1.29, 1.82) is 5.26 Å².